The highest BCUT2D eigenvalue weighted by molar-refractivity contribution is 7.92. The molecule has 3 rings (SSSR count). The van der Waals surface area contributed by atoms with Crippen LogP contribution in [0.5, 0.6) is 0 Å². The van der Waals surface area contributed by atoms with E-state index in [1.807, 2.05) is 20.8 Å². The molecule has 0 radical (unpaired) electrons. The minimum absolute atomic E-state index is 0.0333. The van der Waals surface area contributed by atoms with Gasteiger partial charge in [-0.15, -0.1) is 0 Å². The number of hydrogen-bond donors (Lipinski definition) is 1. The van der Waals surface area contributed by atoms with Gasteiger partial charge in [0.05, 0.1) is 20.6 Å². The number of rotatable bonds is 10. The summed E-state index contributed by atoms with van der Waals surface area (Å²) >= 11 is 12.3. The Bertz CT molecular complexity index is 1450. The number of anilines is 1. The van der Waals surface area contributed by atoms with Crippen LogP contribution in [0.1, 0.15) is 39.7 Å². The number of amides is 2. The molecule has 0 aromatic heterocycles. The molecule has 3 aromatic carbocycles. The quantitative estimate of drug-likeness (QED) is 0.304. The number of nitrogens with one attached hydrogen (secondary N) is 1. The van der Waals surface area contributed by atoms with Crippen molar-refractivity contribution in [1.29, 1.82) is 0 Å². The summed E-state index contributed by atoms with van der Waals surface area (Å²) < 4.78 is 42.1. The van der Waals surface area contributed by atoms with Crippen molar-refractivity contribution in [2.45, 2.75) is 57.1 Å². The SMILES string of the molecule is CCC(C(=O)NC(C)(C)C)N(Cc1ccc(Cl)c(Cl)c1)C(=O)CN(c1ccc(F)cc1)S(=O)(=O)c1ccccc1. The molecule has 3 aromatic rings. The van der Waals surface area contributed by atoms with E-state index >= 15 is 0 Å². The van der Waals surface area contributed by atoms with Crippen molar-refractivity contribution in [3.63, 3.8) is 0 Å². The number of hydrogen-bond acceptors (Lipinski definition) is 4. The summed E-state index contributed by atoms with van der Waals surface area (Å²) in [6.45, 7) is 6.57. The number of sulfonamides is 1. The summed E-state index contributed by atoms with van der Waals surface area (Å²) in [4.78, 5) is 28.6. The second-order valence-corrected chi connectivity index (χ2v) is 12.9. The smallest absolute Gasteiger partial charge is 0.264 e. The van der Waals surface area contributed by atoms with E-state index in [9.17, 15) is 22.4 Å². The zero-order valence-electron chi connectivity index (χ0n) is 22.7. The van der Waals surface area contributed by atoms with Gasteiger partial charge in [0, 0.05) is 12.1 Å². The average Bonchev–Trinajstić information content (AvgIpc) is 2.89. The van der Waals surface area contributed by atoms with E-state index in [2.05, 4.69) is 5.32 Å². The largest absolute Gasteiger partial charge is 0.350 e. The summed E-state index contributed by atoms with van der Waals surface area (Å²) in [5, 5.41) is 3.51. The maximum atomic E-state index is 14.0. The van der Waals surface area contributed by atoms with Crippen LogP contribution in [-0.4, -0.2) is 43.3 Å². The van der Waals surface area contributed by atoms with Crippen LogP contribution in [0.15, 0.2) is 77.7 Å². The molecule has 40 heavy (non-hydrogen) atoms. The van der Waals surface area contributed by atoms with Crippen molar-refractivity contribution in [2.24, 2.45) is 0 Å². The molecule has 0 bridgehead atoms. The van der Waals surface area contributed by atoms with E-state index in [0.29, 0.717) is 10.6 Å². The van der Waals surface area contributed by atoms with Crippen molar-refractivity contribution in [3.05, 3.63) is 94.2 Å². The van der Waals surface area contributed by atoms with Crippen molar-refractivity contribution < 1.29 is 22.4 Å². The highest BCUT2D eigenvalue weighted by Gasteiger charge is 2.34. The predicted octanol–water partition coefficient (Wildman–Crippen LogP) is 6.05. The monoisotopic (exact) mass is 607 g/mol. The first-order valence-electron chi connectivity index (χ1n) is 12.6. The lowest BCUT2D eigenvalue weighted by atomic mass is 10.1. The molecular weight excluding hydrogens is 576 g/mol. The van der Waals surface area contributed by atoms with Gasteiger partial charge in [0.25, 0.3) is 10.0 Å². The third kappa shape index (κ3) is 7.96. The number of benzene rings is 3. The lowest BCUT2D eigenvalue weighted by Crippen LogP contribution is -2.55. The van der Waals surface area contributed by atoms with E-state index in [1.165, 1.54) is 29.2 Å². The molecule has 0 aliphatic heterocycles. The van der Waals surface area contributed by atoms with Crippen molar-refractivity contribution >= 4 is 50.7 Å². The van der Waals surface area contributed by atoms with Gasteiger partial charge < -0.3 is 10.2 Å². The maximum Gasteiger partial charge on any atom is 0.264 e. The van der Waals surface area contributed by atoms with Gasteiger partial charge in [0.2, 0.25) is 11.8 Å². The van der Waals surface area contributed by atoms with Crippen LogP contribution >= 0.6 is 23.2 Å². The molecule has 1 N–H and O–H groups in total. The van der Waals surface area contributed by atoms with Gasteiger partial charge in [-0.1, -0.05) is 54.4 Å². The Labute approximate surface area is 244 Å². The molecule has 11 heteroatoms. The topological polar surface area (TPSA) is 86.8 Å². The molecule has 7 nitrogen and oxygen atoms in total. The summed E-state index contributed by atoms with van der Waals surface area (Å²) in [5.41, 5.74) is 0.129. The Hall–Kier alpha value is -3.14. The third-order valence-electron chi connectivity index (χ3n) is 5.95. The van der Waals surface area contributed by atoms with Crippen LogP contribution in [0, 0.1) is 5.82 Å². The first-order valence-corrected chi connectivity index (χ1v) is 14.8. The Kier molecular flexibility index (Phi) is 10.2. The van der Waals surface area contributed by atoms with Gasteiger partial charge in [0.15, 0.2) is 0 Å². The van der Waals surface area contributed by atoms with Crippen LogP contribution in [0.4, 0.5) is 10.1 Å². The minimum atomic E-state index is -4.24. The molecule has 0 aliphatic carbocycles. The van der Waals surface area contributed by atoms with Gasteiger partial charge in [-0.25, -0.2) is 12.8 Å². The van der Waals surface area contributed by atoms with Crippen molar-refractivity contribution in [3.8, 4) is 0 Å². The summed E-state index contributed by atoms with van der Waals surface area (Å²) in [7, 11) is -4.24. The van der Waals surface area contributed by atoms with Gasteiger partial charge in [-0.3, -0.25) is 13.9 Å². The van der Waals surface area contributed by atoms with Gasteiger partial charge in [-0.2, -0.15) is 0 Å². The second kappa shape index (κ2) is 13.0. The normalized spacial score (nSPS) is 12.5. The van der Waals surface area contributed by atoms with Crippen LogP contribution in [-0.2, 0) is 26.2 Å². The molecular formula is C29H32Cl2FN3O4S. The summed E-state index contributed by atoms with van der Waals surface area (Å²) in [5.74, 6) is -1.58. The second-order valence-electron chi connectivity index (χ2n) is 10.2. The molecule has 0 saturated heterocycles. The Morgan fingerprint density at radius 3 is 2.12 bits per heavy atom. The lowest BCUT2D eigenvalue weighted by molar-refractivity contribution is -0.141. The number of nitrogens with zero attached hydrogens (tertiary/aromatic N) is 2. The molecule has 0 saturated carbocycles. The maximum absolute atomic E-state index is 14.0. The fourth-order valence-corrected chi connectivity index (χ4v) is 5.82. The Morgan fingerprint density at radius 1 is 0.950 bits per heavy atom. The van der Waals surface area contributed by atoms with Gasteiger partial charge in [-0.05, 0) is 81.3 Å². The van der Waals surface area contributed by atoms with E-state index in [-0.39, 0.29) is 34.5 Å². The number of carbonyl (C=O) groups is 2. The molecule has 0 spiro atoms. The zero-order valence-corrected chi connectivity index (χ0v) is 25.0. The van der Waals surface area contributed by atoms with Crippen LogP contribution in [0.2, 0.25) is 10.0 Å². The number of halogens is 3. The molecule has 0 heterocycles. The minimum Gasteiger partial charge on any atom is -0.350 e. The van der Waals surface area contributed by atoms with E-state index in [0.717, 1.165) is 16.4 Å². The fraction of sp³-hybridized carbons (Fsp3) is 0.310. The molecule has 1 unspecified atom stereocenters. The standard InChI is InChI=1S/C29H32Cl2FN3O4S/c1-5-26(28(37)33-29(2,3)4)34(18-20-11-16-24(30)25(31)17-20)27(36)19-35(22-14-12-21(32)13-15-22)40(38,39)23-9-7-6-8-10-23/h6-17,26H,5,18-19H2,1-4H3,(H,33,37). The highest BCUT2D eigenvalue weighted by atomic mass is 35.5. The van der Waals surface area contributed by atoms with Crippen LogP contribution in [0.25, 0.3) is 0 Å². The first kappa shape index (κ1) is 31.4. The van der Waals surface area contributed by atoms with Gasteiger partial charge >= 0.3 is 0 Å². The Balaban J connectivity index is 2.07. The van der Waals surface area contributed by atoms with Crippen molar-refractivity contribution in [2.75, 3.05) is 10.8 Å². The predicted molar refractivity (Wildman–Crippen MR) is 156 cm³/mol. The molecule has 214 valence electrons. The fourth-order valence-electron chi connectivity index (χ4n) is 4.06. The Morgan fingerprint density at radius 2 is 1.57 bits per heavy atom. The molecule has 0 aliphatic rings. The average molecular weight is 609 g/mol. The zero-order chi connectivity index (χ0) is 29.7. The molecule has 0 fully saturated rings. The third-order valence-corrected chi connectivity index (χ3v) is 8.47. The highest BCUT2D eigenvalue weighted by Crippen LogP contribution is 2.27. The molecule has 2 amide bonds. The van der Waals surface area contributed by atoms with E-state index in [4.69, 9.17) is 23.2 Å². The first-order chi connectivity index (χ1) is 18.7. The number of carbonyl (C=O) groups excluding carboxylic acids is 2. The van der Waals surface area contributed by atoms with Gasteiger partial charge in [0.1, 0.15) is 18.4 Å². The van der Waals surface area contributed by atoms with Crippen LogP contribution in [0.3, 0.4) is 0 Å². The van der Waals surface area contributed by atoms with Crippen LogP contribution < -0.4 is 9.62 Å². The van der Waals surface area contributed by atoms with Crippen molar-refractivity contribution in [1.82, 2.24) is 10.2 Å². The van der Waals surface area contributed by atoms with E-state index in [1.54, 1.807) is 43.3 Å². The van der Waals surface area contributed by atoms with E-state index < -0.39 is 39.9 Å². The molecule has 1 atom stereocenters. The summed E-state index contributed by atoms with van der Waals surface area (Å²) in [6.07, 6.45) is 0.261. The lowest BCUT2D eigenvalue weighted by Gasteiger charge is -2.34. The summed E-state index contributed by atoms with van der Waals surface area (Å²) in [6, 6.07) is 16.4.